The number of hydrogen-bond donors (Lipinski definition) is 3. The van der Waals surface area contributed by atoms with Crippen LogP contribution in [0.25, 0.3) is 0 Å². The number of benzene rings is 2. The Labute approximate surface area is 136 Å². The first-order valence-corrected chi connectivity index (χ1v) is 7.56. The Hall–Kier alpha value is -2.82. The molecule has 0 spiro atoms. The summed E-state index contributed by atoms with van der Waals surface area (Å²) < 4.78 is 0. The molecule has 2 rings (SSSR count). The third-order valence-electron chi connectivity index (χ3n) is 3.05. The van der Waals surface area contributed by atoms with Crippen molar-refractivity contribution in [1.29, 1.82) is 0 Å². The fourth-order valence-corrected chi connectivity index (χ4v) is 2.03. The smallest absolute Gasteiger partial charge is 0.323 e. The number of rotatable bonds is 5. The molecule has 0 unspecified atom stereocenters. The van der Waals surface area contributed by atoms with E-state index in [0.717, 1.165) is 5.69 Å². The van der Waals surface area contributed by atoms with Crippen LogP contribution in [0.5, 0.6) is 0 Å². The average molecular weight is 311 g/mol. The summed E-state index contributed by atoms with van der Waals surface area (Å²) in [4.78, 5) is 23.6. The second-order valence-electron chi connectivity index (χ2n) is 5.67. The van der Waals surface area contributed by atoms with Crippen LogP contribution in [0.1, 0.15) is 20.3 Å². The number of nitrogens with one attached hydrogen (secondary N) is 3. The molecular weight excluding hydrogens is 290 g/mol. The van der Waals surface area contributed by atoms with Crippen molar-refractivity contribution in [3.63, 3.8) is 0 Å². The van der Waals surface area contributed by atoms with Crippen LogP contribution in [0, 0.1) is 5.92 Å². The highest BCUT2D eigenvalue weighted by atomic mass is 16.2. The van der Waals surface area contributed by atoms with Crippen molar-refractivity contribution in [3.8, 4) is 0 Å². The zero-order valence-electron chi connectivity index (χ0n) is 13.3. The summed E-state index contributed by atoms with van der Waals surface area (Å²) in [5, 5.41) is 8.31. The van der Waals surface area contributed by atoms with E-state index in [2.05, 4.69) is 16.0 Å². The number of carbonyl (C=O) groups is 2. The summed E-state index contributed by atoms with van der Waals surface area (Å²) >= 11 is 0. The number of carbonyl (C=O) groups excluding carboxylic acids is 2. The molecule has 2 aromatic carbocycles. The van der Waals surface area contributed by atoms with Gasteiger partial charge in [-0.15, -0.1) is 0 Å². The molecule has 2 aromatic rings. The lowest BCUT2D eigenvalue weighted by atomic mass is 10.1. The van der Waals surface area contributed by atoms with E-state index in [-0.39, 0.29) is 11.9 Å². The Morgan fingerprint density at radius 2 is 1.26 bits per heavy atom. The number of para-hydroxylation sites is 1. The highest BCUT2D eigenvalue weighted by molar-refractivity contribution is 6.00. The molecule has 5 nitrogen and oxygen atoms in total. The molecule has 0 atom stereocenters. The van der Waals surface area contributed by atoms with Gasteiger partial charge in [-0.3, -0.25) is 4.79 Å². The monoisotopic (exact) mass is 311 g/mol. The maximum Gasteiger partial charge on any atom is 0.323 e. The number of anilines is 3. The summed E-state index contributed by atoms with van der Waals surface area (Å²) in [5.41, 5.74) is 2.09. The molecule has 0 aromatic heterocycles. The predicted octanol–water partition coefficient (Wildman–Crippen LogP) is 4.32. The van der Waals surface area contributed by atoms with Crippen LogP contribution < -0.4 is 16.0 Å². The van der Waals surface area contributed by atoms with E-state index in [1.165, 1.54) is 0 Å². The van der Waals surface area contributed by atoms with Gasteiger partial charge in [-0.05, 0) is 42.3 Å². The van der Waals surface area contributed by atoms with E-state index >= 15 is 0 Å². The zero-order chi connectivity index (χ0) is 16.7. The molecule has 0 fully saturated rings. The van der Waals surface area contributed by atoms with Crippen molar-refractivity contribution in [2.24, 2.45) is 5.92 Å². The number of amides is 3. The van der Waals surface area contributed by atoms with Crippen LogP contribution in [0.3, 0.4) is 0 Å². The minimum atomic E-state index is -0.312. The summed E-state index contributed by atoms with van der Waals surface area (Å²) in [6, 6.07) is 15.9. The molecule has 0 saturated heterocycles. The quantitative estimate of drug-likeness (QED) is 0.770. The van der Waals surface area contributed by atoms with E-state index in [4.69, 9.17) is 0 Å². The SMILES string of the molecule is CC(C)CC(=O)Nc1ccc(NC(=O)Nc2ccccc2)cc1. The molecule has 0 aliphatic rings. The Balaban J connectivity index is 1.87. The molecule has 0 radical (unpaired) electrons. The predicted molar refractivity (Wildman–Crippen MR) is 93.6 cm³/mol. The van der Waals surface area contributed by atoms with Crippen LogP contribution in [-0.4, -0.2) is 11.9 Å². The Morgan fingerprint density at radius 3 is 1.78 bits per heavy atom. The topological polar surface area (TPSA) is 70.2 Å². The van der Waals surface area contributed by atoms with Crippen LogP contribution in [0.2, 0.25) is 0 Å². The zero-order valence-corrected chi connectivity index (χ0v) is 13.3. The maximum atomic E-state index is 11.9. The van der Waals surface area contributed by atoms with Crippen molar-refractivity contribution in [2.45, 2.75) is 20.3 Å². The summed E-state index contributed by atoms with van der Waals surface area (Å²) in [6.07, 6.45) is 0.486. The van der Waals surface area contributed by atoms with Gasteiger partial charge in [0.25, 0.3) is 0 Å². The number of urea groups is 1. The molecule has 23 heavy (non-hydrogen) atoms. The van der Waals surface area contributed by atoms with E-state index in [1.807, 2.05) is 44.2 Å². The average Bonchev–Trinajstić information content (AvgIpc) is 2.49. The van der Waals surface area contributed by atoms with Gasteiger partial charge in [0.1, 0.15) is 0 Å². The van der Waals surface area contributed by atoms with Gasteiger partial charge in [0.05, 0.1) is 0 Å². The van der Waals surface area contributed by atoms with Crippen LogP contribution in [0.15, 0.2) is 54.6 Å². The molecule has 0 aliphatic heterocycles. The van der Waals surface area contributed by atoms with Gasteiger partial charge >= 0.3 is 6.03 Å². The van der Waals surface area contributed by atoms with Gasteiger partial charge in [0, 0.05) is 23.5 Å². The van der Waals surface area contributed by atoms with Crippen molar-refractivity contribution in [3.05, 3.63) is 54.6 Å². The maximum absolute atomic E-state index is 11.9. The van der Waals surface area contributed by atoms with Crippen molar-refractivity contribution in [1.82, 2.24) is 0 Å². The summed E-state index contributed by atoms with van der Waals surface area (Å²) in [7, 11) is 0. The Kier molecular flexibility index (Phi) is 5.74. The molecule has 0 heterocycles. The lowest BCUT2D eigenvalue weighted by Crippen LogP contribution is -2.19. The molecule has 120 valence electrons. The lowest BCUT2D eigenvalue weighted by molar-refractivity contribution is -0.116. The number of hydrogen-bond acceptors (Lipinski definition) is 2. The third-order valence-corrected chi connectivity index (χ3v) is 3.05. The van der Waals surface area contributed by atoms with E-state index in [0.29, 0.717) is 23.7 Å². The second kappa shape index (κ2) is 7.98. The van der Waals surface area contributed by atoms with Crippen molar-refractivity contribution >= 4 is 29.0 Å². The lowest BCUT2D eigenvalue weighted by Gasteiger charge is -2.10. The Morgan fingerprint density at radius 1 is 0.783 bits per heavy atom. The molecule has 3 amide bonds. The van der Waals surface area contributed by atoms with Crippen LogP contribution in [-0.2, 0) is 4.79 Å². The van der Waals surface area contributed by atoms with Gasteiger partial charge in [-0.25, -0.2) is 4.79 Å². The van der Waals surface area contributed by atoms with E-state index in [1.54, 1.807) is 24.3 Å². The van der Waals surface area contributed by atoms with Gasteiger partial charge in [0.15, 0.2) is 0 Å². The van der Waals surface area contributed by atoms with Crippen LogP contribution in [0.4, 0.5) is 21.9 Å². The van der Waals surface area contributed by atoms with Crippen molar-refractivity contribution < 1.29 is 9.59 Å². The summed E-state index contributed by atoms with van der Waals surface area (Å²) in [5.74, 6) is 0.306. The van der Waals surface area contributed by atoms with Gasteiger partial charge in [-0.1, -0.05) is 32.0 Å². The largest absolute Gasteiger partial charge is 0.326 e. The fourth-order valence-electron chi connectivity index (χ4n) is 2.03. The first-order chi connectivity index (χ1) is 11.0. The Bertz CT molecular complexity index is 652. The molecule has 3 N–H and O–H groups in total. The molecule has 0 aliphatic carbocycles. The van der Waals surface area contributed by atoms with Crippen molar-refractivity contribution in [2.75, 3.05) is 16.0 Å². The molecule has 5 heteroatoms. The van der Waals surface area contributed by atoms with E-state index in [9.17, 15) is 9.59 Å². The molecule has 0 saturated carbocycles. The van der Waals surface area contributed by atoms with Gasteiger partial charge in [0.2, 0.25) is 5.91 Å². The first-order valence-electron chi connectivity index (χ1n) is 7.56. The highest BCUT2D eigenvalue weighted by Gasteiger charge is 2.06. The third kappa shape index (κ3) is 5.82. The second-order valence-corrected chi connectivity index (χ2v) is 5.67. The van der Waals surface area contributed by atoms with E-state index < -0.39 is 0 Å². The van der Waals surface area contributed by atoms with Gasteiger partial charge < -0.3 is 16.0 Å². The standard InChI is InChI=1S/C18H21N3O2/c1-13(2)12-17(22)19-15-8-10-16(11-9-15)21-18(23)20-14-6-4-3-5-7-14/h3-11,13H,12H2,1-2H3,(H,19,22)(H2,20,21,23). The van der Waals surface area contributed by atoms with Crippen LogP contribution >= 0.6 is 0 Å². The summed E-state index contributed by atoms with van der Waals surface area (Å²) in [6.45, 7) is 4.00. The minimum Gasteiger partial charge on any atom is -0.326 e. The minimum absolute atomic E-state index is 0.0115. The fraction of sp³-hybridized carbons (Fsp3) is 0.222. The van der Waals surface area contributed by atoms with Gasteiger partial charge in [-0.2, -0.15) is 0 Å². The highest BCUT2D eigenvalue weighted by Crippen LogP contribution is 2.15. The first kappa shape index (κ1) is 16.5. The normalized spacial score (nSPS) is 10.2. The molecular formula is C18H21N3O2. The molecule has 0 bridgehead atoms.